The van der Waals surface area contributed by atoms with Gasteiger partial charge in [0, 0.05) is 19.3 Å². The van der Waals surface area contributed by atoms with Crippen LogP contribution in [0.25, 0.3) is 0 Å². The van der Waals surface area contributed by atoms with Crippen molar-refractivity contribution in [2.24, 2.45) is 5.73 Å². The summed E-state index contributed by atoms with van der Waals surface area (Å²) >= 11 is 0. The van der Waals surface area contributed by atoms with E-state index in [-0.39, 0.29) is 6.10 Å². The topological polar surface area (TPSA) is 53.7 Å². The maximum atomic E-state index is 6.38. The minimum Gasteiger partial charge on any atom is -0.374 e. The van der Waals surface area contributed by atoms with E-state index in [1.54, 1.807) is 0 Å². The molecule has 1 rings (SSSR count). The van der Waals surface area contributed by atoms with E-state index in [0.29, 0.717) is 13.2 Å². The maximum absolute atomic E-state index is 6.38. The molecule has 0 aliphatic carbocycles. The molecule has 0 fully saturated rings. The third kappa shape index (κ3) is 7.59. The first-order valence-corrected chi connectivity index (χ1v) is 10.8. The number of benzene rings is 1. The highest BCUT2D eigenvalue weighted by Crippen LogP contribution is 2.27. The van der Waals surface area contributed by atoms with E-state index in [4.69, 9.17) is 19.0 Å². The van der Waals surface area contributed by atoms with Gasteiger partial charge in [-0.1, -0.05) is 43.2 Å². The van der Waals surface area contributed by atoms with Crippen LogP contribution in [0.1, 0.15) is 58.1 Å². The fourth-order valence-corrected chi connectivity index (χ4v) is 5.52. The Bertz CT molecular complexity index is 397. The smallest absolute Gasteiger partial charge is 0.374 e. The fourth-order valence-electron chi connectivity index (χ4n) is 2.65. The normalized spacial score (nSPS) is 13.2. The summed E-state index contributed by atoms with van der Waals surface area (Å²) < 4.78 is 18.5. The van der Waals surface area contributed by atoms with Crippen LogP contribution in [-0.2, 0) is 13.3 Å². The summed E-state index contributed by atoms with van der Waals surface area (Å²) in [6.45, 7) is 8.09. The van der Waals surface area contributed by atoms with Crippen LogP contribution in [0.5, 0.6) is 0 Å². The van der Waals surface area contributed by atoms with Gasteiger partial charge in [-0.25, -0.2) is 0 Å². The van der Waals surface area contributed by atoms with E-state index in [2.05, 4.69) is 19.1 Å². The van der Waals surface area contributed by atoms with E-state index < -0.39 is 8.80 Å². The second kappa shape index (κ2) is 11.8. The van der Waals surface area contributed by atoms with Crippen molar-refractivity contribution in [1.29, 1.82) is 0 Å². The molecule has 0 aliphatic heterocycles. The Morgan fingerprint density at radius 1 is 0.957 bits per heavy atom. The van der Waals surface area contributed by atoms with Gasteiger partial charge in [0.1, 0.15) is 0 Å². The van der Waals surface area contributed by atoms with Gasteiger partial charge in [-0.05, 0) is 45.7 Å². The van der Waals surface area contributed by atoms with Gasteiger partial charge in [-0.3, -0.25) is 0 Å². The van der Waals surface area contributed by atoms with Gasteiger partial charge in [-0.2, -0.15) is 0 Å². The molecule has 4 nitrogen and oxygen atoms in total. The Morgan fingerprint density at radius 3 is 2.13 bits per heavy atom. The second-order valence-electron chi connectivity index (χ2n) is 5.67. The number of unbranched alkanes of at least 4 members (excludes halogenated alkanes) is 3. The Balaban J connectivity index is 2.68. The van der Waals surface area contributed by atoms with Gasteiger partial charge in [-0.15, -0.1) is 0 Å². The maximum Gasteiger partial charge on any atom is 0.501 e. The minimum absolute atomic E-state index is 0.0231. The predicted octanol–water partition coefficient (Wildman–Crippen LogP) is 4.30. The third-order valence-corrected chi connectivity index (χ3v) is 6.93. The molecule has 1 unspecified atom stereocenters. The summed E-state index contributed by atoms with van der Waals surface area (Å²) in [5.74, 6) is 0. The van der Waals surface area contributed by atoms with Crippen molar-refractivity contribution in [3.05, 3.63) is 35.9 Å². The van der Waals surface area contributed by atoms with Gasteiger partial charge in [0.05, 0.1) is 6.10 Å². The van der Waals surface area contributed by atoms with E-state index in [0.717, 1.165) is 43.8 Å². The molecule has 2 N–H and O–H groups in total. The molecule has 5 heteroatoms. The molecule has 1 aromatic carbocycles. The molecule has 1 atom stereocenters. The van der Waals surface area contributed by atoms with Gasteiger partial charge < -0.3 is 19.0 Å². The molecular weight excluding hydrogens is 306 g/mol. The first-order chi connectivity index (χ1) is 11.2. The zero-order valence-electron chi connectivity index (χ0n) is 14.9. The molecule has 0 spiro atoms. The van der Waals surface area contributed by atoms with Crippen LogP contribution in [-0.4, -0.2) is 28.6 Å². The average Bonchev–Trinajstić information content (AvgIpc) is 2.56. The van der Waals surface area contributed by atoms with Crippen LogP contribution in [0.15, 0.2) is 30.3 Å². The summed E-state index contributed by atoms with van der Waals surface area (Å²) in [5.41, 5.74) is 6.72. The van der Waals surface area contributed by atoms with Gasteiger partial charge in [0.15, 0.2) is 0 Å². The van der Waals surface area contributed by atoms with Crippen molar-refractivity contribution >= 4 is 8.80 Å². The number of rotatable bonds is 13. The van der Waals surface area contributed by atoms with Crippen LogP contribution in [0.2, 0.25) is 6.04 Å². The van der Waals surface area contributed by atoms with E-state index >= 15 is 0 Å². The zero-order valence-corrected chi connectivity index (χ0v) is 15.9. The summed E-state index contributed by atoms with van der Waals surface area (Å²) in [4.78, 5) is 0. The lowest BCUT2D eigenvalue weighted by atomic mass is 10.1. The van der Waals surface area contributed by atoms with Crippen LogP contribution < -0.4 is 5.73 Å². The molecule has 23 heavy (non-hydrogen) atoms. The van der Waals surface area contributed by atoms with Crippen LogP contribution >= 0.6 is 0 Å². The third-order valence-electron chi connectivity index (χ3n) is 3.79. The highest BCUT2D eigenvalue weighted by atomic mass is 28.4. The van der Waals surface area contributed by atoms with Gasteiger partial charge >= 0.3 is 8.80 Å². The molecule has 1 aromatic rings. The first kappa shape index (κ1) is 20.3. The van der Waals surface area contributed by atoms with Crippen molar-refractivity contribution in [2.75, 3.05) is 19.8 Å². The Labute approximate surface area is 142 Å². The standard InChI is InChI=1S/C18H33NO3Si/c1-4-20-23(21-5-2,16-12-7-6-11-15-19)22-17(3)18-13-9-8-10-14-18/h8-10,13-14,17H,4-7,11-12,15-16,19H2,1-3H3. The van der Waals surface area contributed by atoms with Gasteiger partial charge in [0.2, 0.25) is 0 Å². The number of hydrogen-bond donors (Lipinski definition) is 1. The van der Waals surface area contributed by atoms with Crippen LogP contribution in [0, 0.1) is 0 Å². The first-order valence-electron chi connectivity index (χ1n) is 8.88. The Kier molecular flexibility index (Phi) is 10.4. The average molecular weight is 340 g/mol. The lowest BCUT2D eigenvalue weighted by molar-refractivity contribution is 0.0372. The van der Waals surface area contributed by atoms with Crippen LogP contribution in [0.4, 0.5) is 0 Å². The summed E-state index contributed by atoms with van der Waals surface area (Å²) in [6.07, 6.45) is 4.43. The summed E-state index contributed by atoms with van der Waals surface area (Å²) in [5, 5.41) is 0. The molecule has 132 valence electrons. The number of nitrogens with two attached hydrogens (primary N) is 1. The molecule has 0 aromatic heterocycles. The Hall–Kier alpha value is -0.723. The monoisotopic (exact) mass is 339 g/mol. The molecule has 0 aliphatic rings. The van der Waals surface area contributed by atoms with Crippen molar-refractivity contribution in [3.63, 3.8) is 0 Å². The second-order valence-corrected chi connectivity index (χ2v) is 8.35. The molecule has 0 radical (unpaired) electrons. The number of hydrogen-bond acceptors (Lipinski definition) is 4. The molecule has 0 saturated heterocycles. The quantitative estimate of drug-likeness (QED) is 0.430. The predicted molar refractivity (Wildman–Crippen MR) is 97.3 cm³/mol. The summed E-state index contributed by atoms with van der Waals surface area (Å²) in [7, 11) is -2.63. The zero-order chi connectivity index (χ0) is 17.0. The van der Waals surface area contributed by atoms with E-state index in [9.17, 15) is 0 Å². The van der Waals surface area contributed by atoms with E-state index in [1.165, 1.54) is 0 Å². The van der Waals surface area contributed by atoms with E-state index in [1.807, 2.05) is 32.0 Å². The highest BCUT2D eigenvalue weighted by molar-refractivity contribution is 6.60. The van der Waals surface area contributed by atoms with Crippen molar-refractivity contribution in [3.8, 4) is 0 Å². The van der Waals surface area contributed by atoms with Gasteiger partial charge in [0.25, 0.3) is 0 Å². The van der Waals surface area contributed by atoms with Crippen molar-refractivity contribution in [1.82, 2.24) is 0 Å². The highest BCUT2D eigenvalue weighted by Gasteiger charge is 2.41. The molecular formula is C18H33NO3Si. The van der Waals surface area contributed by atoms with Crippen molar-refractivity contribution in [2.45, 2.75) is 58.6 Å². The molecule has 0 amide bonds. The molecule has 0 bridgehead atoms. The fraction of sp³-hybridized carbons (Fsp3) is 0.667. The van der Waals surface area contributed by atoms with Crippen molar-refractivity contribution < 1.29 is 13.3 Å². The largest absolute Gasteiger partial charge is 0.501 e. The summed E-state index contributed by atoms with van der Waals surface area (Å²) in [6, 6.07) is 11.1. The van der Waals surface area contributed by atoms with Crippen LogP contribution in [0.3, 0.4) is 0 Å². The SMILES string of the molecule is CCO[Si](CCCCCCN)(OCC)OC(C)c1ccccc1. The Morgan fingerprint density at radius 2 is 1.57 bits per heavy atom. The molecule has 0 heterocycles. The minimum atomic E-state index is -2.63. The molecule has 0 saturated carbocycles. The lowest BCUT2D eigenvalue weighted by Gasteiger charge is -2.32. The lowest BCUT2D eigenvalue weighted by Crippen LogP contribution is -2.46.